The van der Waals surface area contributed by atoms with Gasteiger partial charge in [0.2, 0.25) is 0 Å². The summed E-state index contributed by atoms with van der Waals surface area (Å²) < 4.78 is 5.68. The van der Waals surface area contributed by atoms with Crippen LogP contribution in [0.3, 0.4) is 0 Å². The van der Waals surface area contributed by atoms with Crippen molar-refractivity contribution in [3.63, 3.8) is 0 Å². The molecule has 0 aromatic heterocycles. The van der Waals surface area contributed by atoms with Gasteiger partial charge in [-0.25, -0.2) is 0 Å². The Morgan fingerprint density at radius 2 is 1.80 bits per heavy atom. The molecular weight excluding hydrogens is 276 g/mol. The molecule has 0 saturated heterocycles. The average molecular weight is 291 g/mol. The standard InChI is InChI=1S/C16H15ClO3/c1-11-2-7-14(17)15(8-11)20-10-13-5-3-12(4-6-13)9-16(18)19/h2-8H,9-10H2,1H3,(H,18,19). The lowest BCUT2D eigenvalue weighted by Gasteiger charge is -2.09. The van der Waals surface area contributed by atoms with E-state index < -0.39 is 5.97 Å². The maximum atomic E-state index is 10.6. The quantitative estimate of drug-likeness (QED) is 0.909. The molecule has 1 N–H and O–H groups in total. The van der Waals surface area contributed by atoms with Gasteiger partial charge in [-0.1, -0.05) is 41.9 Å². The minimum absolute atomic E-state index is 0.0326. The normalized spacial score (nSPS) is 10.3. The van der Waals surface area contributed by atoms with Gasteiger partial charge in [0.25, 0.3) is 0 Å². The smallest absolute Gasteiger partial charge is 0.307 e. The van der Waals surface area contributed by atoms with E-state index in [1.807, 2.05) is 37.3 Å². The summed E-state index contributed by atoms with van der Waals surface area (Å²) in [5.41, 5.74) is 2.83. The predicted molar refractivity (Wildman–Crippen MR) is 78.3 cm³/mol. The second-order valence-electron chi connectivity index (χ2n) is 4.61. The van der Waals surface area contributed by atoms with Gasteiger partial charge >= 0.3 is 5.97 Å². The highest BCUT2D eigenvalue weighted by atomic mass is 35.5. The molecule has 2 aromatic carbocycles. The van der Waals surface area contributed by atoms with Crippen molar-refractivity contribution in [1.82, 2.24) is 0 Å². The topological polar surface area (TPSA) is 46.5 Å². The number of hydrogen-bond donors (Lipinski definition) is 1. The Hall–Kier alpha value is -2.00. The summed E-state index contributed by atoms with van der Waals surface area (Å²) in [6, 6.07) is 12.9. The van der Waals surface area contributed by atoms with Crippen LogP contribution in [-0.4, -0.2) is 11.1 Å². The van der Waals surface area contributed by atoms with E-state index in [2.05, 4.69) is 0 Å². The van der Waals surface area contributed by atoms with Crippen molar-refractivity contribution < 1.29 is 14.6 Å². The van der Waals surface area contributed by atoms with Gasteiger partial charge in [-0.15, -0.1) is 0 Å². The Morgan fingerprint density at radius 1 is 1.15 bits per heavy atom. The zero-order valence-electron chi connectivity index (χ0n) is 11.1. The Balaban J connectivity index is 2.00. The van der Waals surface area contributed by atoms with Gasteiger partial charge in [0.05, 0.1) is 11.4 Å². The number of ether oxygens (including phenoxy) is 1. The predicted octanol–water partition coefficient (Wildman–Crippen LogP) is 3.85. The van der Waals surface area contributed by atoms with Crippen LogP contribution in [0.5, 0.6) is 5.75 Å². The third kappa shape index (κ3) is 4.00. The molecule has 0 heterocycles. The zero-order chi connectivity index (χ0) is 14.5. The maximum absolute atomic E-state index is 10.6. The van der Waals surface area contributed by atoms with Crippen LogP contribution in [0, 0.1) is 6.92 Å². The highest BCUT2D eigenvalue weighted by Gasteiger charge is 2.03. The van der Waals surface area contributed by atoms with Crippen LogP contribution >= 0.6 is 11.6 Å². The third-order valence-corrected chi connectivity index (χ3v) is 3.17. The molecule has 0 fully saturated rings. The largest absolute Gasteiger partial charge is 0.487 e. The van der Waals surface area contributed by atoms with Crippen molar-refractivity contribution in [2.45, 2.75) is 20.0 Å². The van der Waals surface area contributed by atoms with Crippen LogP contribution in [0.15, 0.2) is 42.5 Å². The van der Waals surface area contributed by atoms with E-state index in [9.17, 15) is 4.79 Å². The fraction of sp³-hybridized carbons (Fsp3) is 0.188. The van der Waals surface area contributed by atoms with Crippen molar-refractivity contribution in [3.05, 3.63) is 64.2 Å². The van der Waals surface area contributed by atoms with Crippen LogP contribution in [0.4, 0.5) is 0 Å². The van der Waals surface area contributed by atoms with Crippen molar-refractivity contribution >= 4 is 17.6 Å². The Morgan fingerprint density at radius 3 is 2.45 bits per heavy atom. The van der Waals surface area contributed by atoms with Gasteiger partial charge in [-0.3, -0.25) is 4.79 Å². The van der Waals surface area contributed by atoms with E-state index in [4.69, 9.17) is 21.4 Å². The number of halogens is 1. The van der Waals surface area contributed by atoms with E-state index in [0.717, 1.165) is 16.7 Å². The molecule has 0 unspecified atom stereocenters. The van der Waals surface area contributed by atoms with Crippen LogP contribution < -0.4 is 4.74 Å². The lowest BCUT2D eigenvalue weighted by molar-refractivity contribution is -0.136. The molecule has 0 aliphatic heterocycles. The Labute approximate surface area is 122 Å². The molecule has 104 valence electrons. The maximum Gasteiger partial charge on any atom is 0.307 e. The number of carboxylic acids is 1. The van der Waals surface area contributed by atoms with Crippen molar-refractivity contribution in [1.29, 1.82) is 0 Å². The van der Waals surface area contributed by atoms with Crippen molar-refractivity contribution in [2.75, 3.05) is 0 Å². The monoisotopic (exact) mass is 290 g/mol. The number of aliphatic carboxylic acids is 1. The second-order valence-corrected chi connectivity index (χ2v) is 5.02. The van der Waals surface area contributed by atoms with Gasteiger partial charge < -0.3 is 9.84 Å². The summed E-state index contributed by atoms with van der Waals surface area (Å²) in [4.78, 5) is 10.6. The molecule has 0 aliphatic rings. The molecule has 20 heavy (non-hydrogen) atoms. The van der Waals surface area contributed by atoms with Crippen LogP contribution in [0.2, 0.25) is 5.02 Å². The molecule has 0 atom stereocenters. The zero-order valence-corrected chi connectivity index (χ0v) is 11.9. The number of carboxylic acid groups (broad SMARTS) is 1. The fourth-order valence-corrected chi connectivity index (χ4v) is 1.98. The van der Waals surface area contributed by atoms with Crippen molar-refractivity contribution in [2.24, 2.45) is 0 Å². The molecule has 2 rings (SSSR count). The minimum atomic E-state index is -0.833. The molecule has 0 saturated carbocycles. The van der Waals surface area contributed by atoms with Crippen molar-refractivity contribution in [3.8, 4) is 5.75 Å². The first kappa shape index (κ1) is 14.4. The fourth-order valence-electron chi connectivity index (χ4n) is 1.81. The number of aryl methyl sites for hydroxylation is 1. The number of carbonyl (C=O) groups is 1. The van der Waals surface area contributed by atoms with Crippen LogP contribution in [0.25, 0.3) is 0 Å². The summed E-state index contributed by atoms with van der Waals surface area (Å²) in [5, 5.41) is 9.29. The SMILES string of the molecule is Cc1ccc(Cl)c(OCc2ccc(CC(=O)O)cc2)c1. The molecule has 0 bridgehead atoms. The Bertz CT molecular complexity index is 606. The molecular formula is C16H15ClO3. The minimum Gasteiger partial charge on any atom is -0.487 e. The van der Waals surface area contributed by atoms with Crippen LogP contribution in [0.1, 0.15) is 16.7 Å². The second kappa shape index (κ2) is 6.44. The summed E-state index contributed by atoms with van der Waals surface area (Å²) in [5.74, 6) is -0.179. The van der Waals surface area contributed by atoms with Gasteiger partial charge in [0.1, 0.15) is 12.4 Å². The number of hydrogen-bond acceptors (Lipinski definition) is 2. The highest BCUT2D eigenvalue weighted by molar-refractivity contribution is 6.32. The first-order chi connectivity index (χ1) is 9.54. The summed E-state index contributed by atoms with van der Waals surface area (Å²) in [7, 11) is 0. The van der Waals surface area contributed by atoms with Gasteiger partial charge in [-0.2, -0.15) is 0 Å². The third-order valence-electron chi connectivity index (χ3n) is 2.86. The Kier molecular flexibility index (Phi) is 4.64. The molecule has 0 amide bonds. The lowest BCUT2D eigenvalue weighted by atomic mass is 10.1. The number of benzene rings is 2. The average Bonchev–Trinajstić information content (AvgIpc) is 2.41. The first-order valence-electron chi connectivity index (χ1n) is 6.23. The van der Waals surface area contributed by atoms with E-state index in [0.29, 0.717) is 17.4 Å². The molecule has 3 nitrogen and oxygen atoms in total. The van der Waals surface area contributed by atoms with Gasteiger partial charge in [0.15, 0.2) is 0 Å². The van der Waals surface area contributed by atoms with Crippen LogP contribution in [-0.2, 0) is 17.8 Å². The molecule has 0 spiro atoms. The van der Waals surface area contributed by atoms with Gasteiger partial charge in [-0.05, 0) is 35.7 Å². The van der Waals surface area contributed by atoms with E-state index in [1.165, 1.54) is 0 Å². The number of rotatable bonds is 5. The molecule has 0 radical (unpaired) electrons. The molecule has 2 aromatic rings. The summed E-state index contributed by atoms with van der Waals surface area (Å²) >= 11 is 6.05. The lowest BCUT2D eigenvalue weighted by Crippen LogP contribution is -2.01. The molecule has 4 heteroatoms. The van der Waals surface area contributed by atoms with E-state index in [-0.39, 0.29) is 6.42 Å². The molecule has 0 aliphatic carbocycles. The summed E-state index contributed by atoms with van der Waals surface area (Å²) in [6.07, 6.45) is 0.0326. The summed E-state index contributed by atoms with van der Waals surface area (Å²) in [6.45, 7) is 2.38. The van der Waals surface area contributed by atoms with E-state index >= 15 is 0 Å². The first-order valence-corrected chi connectivity index (χ1v) is 6.61. The highest BCUT2D eigenvalue weighted by Crippen LogP contribution is 2.26. The van der Waals surface area contributed by atoms with Gasteiger partial charge in [0, 0.05) is 0 Å². The van der Waals surface area contributed by atoms with E-state index in [1.54, 1.807) is 12.1 Å².